The summed E-state index contributed by atoms with van der Waals surface area (Å²) in [5, 5.41) is 14.6. The van der Waals surface area contributed by atoms with E-state index in [9.17, 15) is 4.79 Å². The fourth-order valence-electron chi connectivity index (χ4n) is 4.63. The van der Waals surface area contributed by atoms with Crippen molar-refractivity contribution in [3.63, 3.8) is 0 Å². The molecule has 0 bridgehead atoms. The highest BCUT2D eigenvalue weighted by molar-refractivity contribution is 6.30. The molecular weight excluding hydrogens is 506 g/mol. The molecule has 1 N–H and O–H groups in total. The third-order valence-electron chi connectivity index (χ3n) is 6.26. The number of nitrogens with one attached hydrogen (secondary N) is 1. The molecule has 0 aliphatic carbocycles. The van der Waals surface area contributed by atoms with Crippen LogP contribution in [0.3, 0.4) is 0 Å². The Bertz CT molecular complexity index is 1440. The van der Waals surface area contributed by atoms with Crippen LogP contribution in [0, 0.1) is 6.92 Å². The molecule has 0 saturated carbocycles. The molecule has 0 radical (unpaired) electrons. The number of nitrogens with zero attached hydrogens (tertiary/aromatic N) is 4. The van der Waals surface area contributed by atoms with Crippen LogP contribution in [-0.2, 0) is 17.8 Å². The van der Waals surface area contributed by atoms with Crippen LogP contribution in [0.5, 0.6) is 17.2 Å². The minimum atomic E-state index is -0.459. The zero-order valence-corrected chi connectivity index (χ0v) is 22.3. The smallest absolute Gasteiger partial charge is 0.232 e. The van der Waals surface area contributed by atoms with E-state index in [-0.39, 0.29) is 25.0 Å². The number of aromatic nitrogens is 4. The summed E-state index contributed by atoms with van der Waals surface area (Å²) in [5.74, 6) is 2.08. The molecule has 1 aliphatic heterocycles. The number of H-pyrrole nitrogens is 1. The van der Waals surface area contributed by atoms with Crippen molar-refractivity contribution in [1.82, 2.24) is 20.6 Å². The van der Waals surface area contributed by atoms with Crippen molar-refractivity contribution in [3.8, 4) is 17.2 Å². The highest BCUT2D eigenvalue weighted by Crippen LogP contribution is 2.46. The van der Waals surface area contributed by atoms with Gasteiger partial charge >= 0.3 is 0 Å². The second kappa shape index (κ2) is 10.7. The normalized spacial score (nSPS) is 14.9. The average Bonchev–Trinajstić information content (AvgIpc) is 3.41. The molecule has 5 rings (SSSR count). The summed E-state index contributed by atoms with van der Waals surface area (Å²) in [6.45, 7) is 5.99. The van der Waals surface area contributed by atoms with Crippen LogP contribution in [0.1, 0.15) is 48.0 Å². The van der Waals surface area contributed by atoms with E-state index in [1.807, 2.05) is 75.4 Å². The summed E-state index contributed by atoms with van der Waals surface area (Å²) < 4.78 is 17.8. The summed E-state index contributed by atoms with van der Waals surface area (Å²) in [7, 11) is 1.60. The number of tetrazole rings is 1. The van der Waals surface area contributed by atoms with E-state index in [0.717, 1.165) is 22.3 Å². The Morgan fingerprint density at radius 3 is 2.55 bits per heavy atom. The molecule has 2 heterocycles. The van der Waals surface area contributed by atoms with Crippen LogP contribution < -0.4 is 19.1 Å². The Morgan fingerprint density at radius 1 is 1.08 bits per heavy atom. The number of methoxy groups -OCH3 is 1. The topological polar surface area (TPSA) is 102 Å². The highest BCUT2D eigenvalue weighted by Gasteiger charge is 2.37. The van der Waals surface area contributed by atoms with Crippen molar-refractivity contribution >= 4 is 23.2 Å². The van der Waals surface area contributed by atoms with Gasteiger partial charge in [0.25, 0.3) is 0 Å². The Hall–Kier alpha value is -4.11. The molecule has 0 spiro atoms. The maximum Gasteiger partial charge on any atom is 0.232 e. The van der Waals surface area contributed by atoms with Gasteiger partial charge in [0, 0.05) is 5.02 Å². The number of fused-ring (bicyclic) bond motifs is 1. The number of halogens is 1. The summed E-state index contributed by atoms with van der Waals surface area (Å²) in [5.41, 5.74) is 4.33. The summed E-state index contributed by atoms with van der Waals surface area (Å²) in [4.78, 5) is 15.7. The minimum absolute atomic E-state index is 0.0560. The lowest BCUT2D eigenvalue weighted by atomic mass is 9.86. The van der Waals surface area contributed by atoms with Crippen LogP contribution in [0.4, 0.5) is 5.69 Å². The zero-order chi connectivity index (χ0) is 26.8. The quantitative estimate of drug-likeness (QED) is 0.331. The van der Waals surface area contributed by atoms with Crippen molar-refractivity contribution in [1.29, 1.82) is 0 Å². The van der Waals surface area contributed by atoms with E-state index in [2.05, 4.69) is 20.6 Å². The number of benzene rings is 3. The van der Waals surface area contributed by atoms with Crippen molar-refractivity contribution in [2.45, 2.75) is 45.9 Å². The zero-order valence-electron chi connectivity index (χ0n) is 21.6. The van der Waals surface area contributed by atoms with E-state index >= 15 is 0 Å². The lowest BCUT2D eigenvalue weighted by molar-refractivity contribution is -0.118. The molecule has 1 aromatic heterocycles. The van der Waals surface area contributed by atoms with E-state index < -0.39 is 6.04 Å². The van der Waals surface area contributed by atoms with Crippen molar-refractivity contribution in [2.75, 3.05) is 12.0 Å². The number of carbonyl (C=O) groups excluding carboxylic acids is 1. The number of aromatic amines is 1. The fraction of sp³-hybridized carbons (Fsp3) is 0.286. The standard InChI is InChI=1S/C28H28ClN5O4/c1-16(2)38-25-14-21-19(12-24(25)36-4)13-27(35)34(28(21)18-6-8-20(29)9-7-18)22-10-5-17(3)11-23(22)37-15-26-30-32-33-31-26/h5-12,14,16,28H,13,15H2,1-4H3,(H,30,31,32,33). The van der Waals surface area contributed by atoms with Gasteiger partial charge in [0.1, 0.15) is 5.75 Å². The number of hydrogen-bond donors (Lipinski definition) is 1. The molecule has 0 saturated heterocycles. The van der Waals surface area contributed by atoms with Crippen LogP contribution in [-0.4, -0.2) is 39.7 Å². The highest BCUT2D eigenvalue weighted by atomic mass is 35.5. The lowest BCUT2D eigenvalue weighted by Gasteiger charge is -2.39. The number of ether oxygens (including phenoxy) is 3. The van der Waals surface area contributed by atoms with Gasteiger partial charge in [-0.3, -0.25) is 9.69 Å². The molecular formula is C28H28ClN5O4. The number of rotatable bonds is 8. The fourth-order valence-corrected chi connectivity index (χ4v) is 4.76. The summed E-state index contributed by atoms with van der Waals surface area (Å²) in [6, 6.07) is 16.7. The first kappa shape index (κ1) is 25.5. The molecule has 9 nitrogen and oxygen atoms in total. The first-order valence-corrected chi connectivity index (χ1v) is 12.6. The predicted octanol–water partition coefficient (Wildman–Crippen LogP) is 5.22. The van der Waals surface area contributed by atoms with Crippen molar-refractivity contribution < 1.29 is 19.0 Å². The largest absolute Gasteiger partial charge is 0.493 e. The molecule has 3 aromatic carbocycles. The summed E-state index contributed by atoms with van der Waals surface area (Å²) in [6.07, 6.45) is 0.134. The van der Waals surface area contributed by atoms with Gasteiger partial charge < -0.3 is 14.2 Å². The van der Waals surface area contributed by atoms with Gasteiger partial charge in [-0.25, -0.2) is 0 Å². The molecule has 0 fully saturated rings. The van der Waals surface area contributed by atoms with E-state index in [1.54, 1.807) is 12.0 Å². The molecule has 10 heteroatoms. The Balaban J connectivity index is 1.66. The molecule has 196 valence electrons. The number of carbonyl (C=O) groups is 1. The first-order chi connectivity index (χ1) is 18.3. The number of amides is 1. The minimum Gasteiger partial charge on any atom is -0.493 e. The number of anilines is 1. The van der Waals surface area contributed by atoms with Crippen molar-refractivity contribution in [3.05, 3.63) is 87.7 Å². The van der Waals surface area contributed by atoms with E-state index in [1.165, 1.54) is 0 Å². The van der Waals surface area contributed by atoms with Crippen LogP contribution >= 0.6 is 11.6 Å². The Morgan fingerprint density at radius 2 is 1.87 bits per heavy atom. The Kier molecular flexibility index (Phi) is 7.20. The van der Waals surface area contributed by atoms with Gasteiger partial charge in [0.05, 0.1) is 31.4 Å². The molecule has 1 unspecified atom stereocenters. The third kappa shape index (κ3) is 5.15. The number of hydrogen-bond acceptors (Lipinski definition) is 7. The lowest BCUT2D eigenvalue weighted by Crippen LogP contribution is -2.41. The molecule has 4 aromatic rings. The maximum absolute atomic E-state index is 13.9. The van der Waals surface area contributed by atoms with Crippen molar-refractivity contribution in [2.24, 2.45) is 0 Å². The monoisotopic (exact) mass is 533 g/mol. The first-order valence-electron chi connectivity index (χ1n) is 12.2. The maximum atomic E-state index is 13.9. The average molecular weight is 534 g/mol. The van der Waals surface area contributed by atoms with Crippen LogP contribution in [0.25, 0.3) is 0 Å². The van der Waals surface area contributed by atoms with Gasteiger partial charge in [-0.05, 0) is 79.4 Å². The van der Waals surface area contributed by atoms with Gasteiger partial charge in [-0.2, -0.15) is 5.21 Å². The molecule has 1 atom stereocenters. The van der Waals surface area contributed by atoms with Crippen LogP contribution in [0.15, 0.2) is 54.6 Å². The molecule has 38 heavy (non-hydrogen) atoms. The predicted molar refractivity (Wildman–Crippen MR) is 143 cm³/mol. The molecule has 1 amide bonds. The Labute approximate surface area is 225 Å². The molecule has 1 aliphatic rings. The van der Waals surface area contributed by atoms with Gasteiger partial charge in [-0.15, -0.1) is 10.2 Å². The second-order valence-corrected chi connectivity index (χ2v) is 9.79. The van der Waals surface area contributed by atoms with E-state index in [4.69, 9.17) is 25.8 Å². The summed E-state index contributed by atoms with van der Waals surface area (Å²) >= 11 is 6.23. The van der Waals surface area contributed by atoms with Crippen LogP contribution in [0.2, 0.25) is 5.02 Å². The van der Waals surface area contributed by atoms with Gasteiger partial charge in [0.15, 0.2) is 18.1 Å². The number of aryl methyl sites for hydroxylation is 1. The van der Waals surface area contributed by atoms with Gasteiger partial charge in [0.2, 0.25) is 11.7 Å². The SMILES string of the molecule is COc1cc2c(cc1OC(C)C)C(c1ccc(Cl)cc1)N(c1ccc(C)cc1OCc1nn[nH]n1)C(=O)C2. The van der Waals surface area contributed by atoms with Gasteiger partial charge in [-0.1, -0.05) is 35.0 Å². The van der Waals surface area contributed by atoms with E-state index in [0.29, 0.717) is 33.8 Å². The second-order valence-electron chi connectivity index (χ2n) is 9.35. The third-order valence-corrected chi connectivity index (χ3v) is 6.51.